The molecule has 3 aromatic carbocycles. The average Bonchev–Trinajstić information content (AvgIpc) is 2.96. The van der Waals surface area contributed by atoms with Gasteiger partial charge < -0.3 is 30.9 Å². The summed E-state index contributed by atoms with van der Waals surface area (Å²) in [5.41, 5.74) is 2.85. The van der Waals surface area contributed by atoms with E-state index in [4.69, 9.17) is 4.74 Å². The first kappa shape index (κ1) is 31.1. The largest absolute Gasteiger partial charge is 0.480 e. The molecule has 3 amide bonds. The zero-order valence-electron chi connectivity index (χ0n) is 23.3. The topological polar surface area (TPSA) is 154 Å². The van der Waals surface area contributed by atoms with Crippen LogP contribution in [0.4, 0.5) is 4.79 Å². The standard InChI is InChI=1S/C31H37N3O7/c1-20(16-25(19-35)30(39)41-15-14-32-21(2)36)18-33-31(40)34-28(29(37)38)17-22-10-12-24(13-11-22)27-9-5-7-23-6-3-4-8-26(23)27/h3-13,20,25,28,35H,14-19H2,1-2H3,(H,32,36)(H,37,38)(H2,33,34,40)/t20-,25-,28-/m0/s1. The Balaban J connectivity index is 1.50. The summed E-state index contributed by atoms with van der Waals surface area (Å²) in [5, 5.41) is 29.2. The van der Waals surface area contributed by atoms with Crippen LogP contribution in [0.15, 0.2) is 66.7 Å². The third kappa shape index (κ3) is 9.61. The van der Waals surface area contributed by atoms with Gasteiger partial charge in [-0.3, -0.25) is 9.59 Å². The fourth-order valence-electron chi connectivity index (χ4n) is 4.52. The van der Waals surface area contributed by atoms with E-state index in [9.17, 15) is 29.4 Å². The van der Waals surface area contributed by atoms with Crippen molar-refractivity contribution in [3.05, 3.63) is 72.3 Å². The third-order valence-corrected chi connectivity index (χ3v) is 6.67. The number of carbonyl (C=O) groups is 4. The van der Waals surface area contributed by atoms with E-state index >= 15 is 0 Å². The Labute approximate surface area is 239 Å². The summed E-state index contributed by atoms with van der Waals surface area (Å²) in [7, 11) is 0. The molecule has 218 valence electrons. The van der Waals surface area contributed by atoms with Gasteiger partial charge in [-0.05, 0) is 39.8 Å². The molecular formula is C31H37N3O7. The number of aliphatic hydroxyl groups is 1. The SMILES string of the molecule is CC(=O)NCCOC(=O)[C@H](CO)C[C@H](C)CNC(=O)N[C@@H](Cc1ccc(-c2cccc3ccccc23)cc1)C(=O)O. The number of hydrogen-bond acceptors (Lipinski definition) is 6. The second-order valence-corrected chi connectivity index (χ2v) is 10.0. The lowest BCUT2D eigenvalue weighted by atomic mass is 9.96. The summed E-state index contributed by atoms with van der Waals surface area (Å²) in [6, 6.07) is 20.0. The number of nitrogens with one attached hydrogen (secondary N) is 3. The maximum Gasteiger partial charge on any atom is 0.326 e. The number of hydrogen-bond donors (Lipinski definition) is 5. The van der Waals surface area contributed by atoms with Gasteiger partial charge in [0.1, 0.15) is 12.6 Å². The Morgan fingerprint density at radius 2 is 1.63 bits per heavy atom. The monoisotopic (exact) mass is 563 g/mol. The van der Waals surface area contributed by atoms with Crippen molar-refractivity contribution in [1.29, 1.82) is 0 Å². The molecule has 0 unspecified atom stereocenters. The second kappa shape index (κ2) is 15.4. The van der Waals surface area contributed by atoms with Crippen LogP contribution in [-0.4, -0.2) is 66.4 Å². The van der Waals surface area contributed by atoms with Crippen molar-refractivity contribution in [3.8, 4) is 11.1 Å². The molecule has 0 fully saturated rings. The van der Waals surface area contributed by atoms with Crippen LogP contribution in [0.25, 0.3) is 21.9 Å². The van der Waals surface area contributed by atoms with E-state index < -0.39 is 36.5 Å². The molecule has 3 rings (SSSR count). The van der Waals surface area contributed by atoms with Crippen LogP contribution < -0.4 is 16.0 Å². The van der Waals surface area contributed by atoms with Crippen molar-refractivity contribution in [1.82, 2.24) is 16.0 Å². The van der Waals surface area contributed by atoms with Crippen LogP contribution in [0.3, 0.4) is 0 Å². The smallest absolute Gasteiger partial charge is 0.326 e. The molecule has 0 aliphatic rings. The summed E-state index contributed by atoms with van der Waals surface area (Å²) in [6.45, 7) is 3.05. The molecule has 0 heterocycles. The first-order valence-electron chi connectivity index (χ1n) is 13.5. The second-order valence-electron chi connectivity index (χ2n) is 10.0. The summed E-state index contributed by atoms with van der Waals surface area (Å²) in [4.78, 5) is 47.4. The van der Waals surface area contributed by atoms with Gasteiger partial charge in [-0.2, -0.15) is 0 Å². The first-order chi connectivity index (χ1) is 19.7. The average molecular weight is 564 g/mol. The van der Waals surface area contributed by atoms with Crippen molar-refractivity contribution >= 4 is 34.6 Å². The third-order valence-electron chi connectivity index (χ3n) is 6.67. The van der Waals surface area contributed by atoms with Crippen molar-refractivity contribution in [2.45, 2.75) is 32.7 Å². The van der Waals surface area contributed by atoms with E-state index in [1.54, 1.807) is 6.92 Å². The number of urea groups is 1. The molecular weight excluding hydrogens is 526 g/mol. The van der Waals surface area contributed by atoms with Gasteiger partial charge in [0.05, 0.1) is 19.1 Å². The van der Waals surface area contributed by atoms with Gasteiger partial charge in [-0.15, -0.1) is 0 Å². The first-order valence-corrected chi connectivity index (χ1v) is 13.5. The molecule has 0 bridgehead atoms. The lowest BCUT2D eigenvalue weighted by Gasteiger charge is -2.20. The Morgan fingerprint density at radius 3 is 2.32 bits per heavy atom. The van der Waals surface area contributed by atoms with E-state index in [2.05, 4.69) is 34.1 Å². The molecule has 0 spiro atoms. The van der Waals surface area contributed by atoms with E-state index in [1.165, 1.54) is 6.92 Å². The maximum atomic E-state index is 12.5. The van der Waals surface area contributed by atoms with Crippen LogP contribution in [0.2, 0.25) is 0 Å². The number of rotatable bonds is 14. The highest BCUT2D eigenvalue weighted by Crippen LogP contribution is 2.28. The van der Waals surface area contributed by atoms with Crippen LogP contribution in [-0.2, 0) is 25.5 Å². The molecule has 0 aliphatic heterocycles. The lowest BCUT2D eigenvalue weighted by molar-refractivity contribution is -0.150. The van der Waals surface area contributed by atoms with Gasteiger partial charge >= 0.3 is 18.0 Å². The fraction of sp³-hybridized carbons (Fsp3) is 0.355. The predicted octanol–water partition coefficient (Wildman–Crippen LogP) is 3.12. The minimum atomic E-state index is -1.16. The summed E-state index contributed by atoms with van der Waals surface area (Å²) >= 11 is 0. The van der Waals surface area contributed by atoms with E-state index in [-0.39, 0.29) is 44.4 Å². The maximum absolute atomic E-state index is 12.5. The van der Waals surface area contributed by atoms with Crippen molar-refractivity contribution < 1.29 is 34.1 Å². The summed E-state index contributed by atoms with van der Waals surface area (Å²) < 4.78 is 5.08. The van der Waals surface area contributed by atoms with Crippen LogP contribution in [0.5, 0.6) is 0 Å². The molecule has 10 heteroatoms. The molecule has 10 nitrogen and oxygen atoms in total. The normalized spacial score (nSPS) is 13.0. The van der Waals surface area contributed by atoms with Crippen LogP contribution >= 0.6 is 0 Å². The molecule has 5 N–H and O–H groups in total. The summed E-state index contributed by atoms with van der Waals surface area (Å²) in [6.07, 6.45) is 0.353. The zero-order chi connectivity index (χ0) is 29.8. The molecule has 3 atom stereocenters. The number of ether oxygens (including phenoxy) is 1. The fourth-order valence-corrected chi connectivity index (χ4v) is 4.52. The molecule has 0 aromatic heterocycles. The Bertz CT molecular complexity index is 1340. The molecule has 41 heavy (non-hydrogen) atoms. The number of fused-ring (bicyclic) bond motifs is 1. The van der Waals surface area contributed by atoms with E-state index in [0.717, 1.165) is 27.5 Å². The highest BCUT2D eigenvalue weighted by Gasteiger charge is 2.24. The van der Waals surface area contributed by atoms with Gasteiger partial charge in [0, 0.05) is 19.9 Å². The van der Waals surface area contributed by atoms with E-state index in [1.807, 2.05) is 48.5 Å². The molecule has 3 aromatic rings. The van der Waals surface area contributed by atoms with Gasteiger partial charge in [0.15, 0.2) is 0 Å². The van der Waals surface area contributed by atoms with Crippen molar-refractivity contribution in [3.63, 3.8) is 0 Å². The van der Waals surface area contributed by atoms with Gasteiger partial charge in [0.2, 0.25) is 5.91 Å². The number of aliphatic carboxylic acids is 1. The lowest BCUT2D eigenvalue weighted by Crippen LogP contribution is -2.48. The van der Waals surface area contributed by atoms with Crippen LogP contribution in [0, 0.1) is 11.8 Å². The highest BCUT2D eigenvalue weighted by atomic mass is 16.5. The Hall–Kier alpha value is -4.44. The minimum Gasteiger partial charge on any atom is -0.480 e. The molecule has 0 radical (unpaired) electrons. The zero-order valence-corrected chi connectivity index (χ0v) is 23.3. The number of carbonyl (C=O) groups excluding carboxylic acids is 3. The van der Waals surface area contributed by atoms with Crippen molar-refractivity contribution in [2.75, 3.05) is 26.3 Å². The number of amides is 3. The number of carboxylic acid groups (broad SMARTS) is 1. The minimum absolute atomic E-state index is 0.00752. The van der Waals surface area contributed by atoms with E-state index in [0.29, 0.717) is 0 Å². The van der Waals surface area contributed by atoms with Crippen molar-refractivity contribution in [2.24, 2.45) is 11.8 Å². The molecule has 0 aliphatic carbocycles. The number of carboxylic acids is 1. The Kier molecular flexibility index (Phi) is 11.7. The van der Waals surface area contributed by atoms with Gasteiger partial charge in [-0.1, -0.05) is 73.7 Å². The van der Waals surface area contributed by atoms with Gasteiger partial charge in [-0.25, -0.2) is 9.59 Å². The van der Waals surface area contributed by atoms with Crippen LogP contribution in [0.1, 0.15) is 25.8 Å². The predicted molar refractivity (Wildman–Crippen MR) is 155 cm³/mol. The number of esters is 1. The Morgan fingerprint density at radius 1 is 0.927 bits per heavy atom. The number of benzene rings is 3. The molecule has 0 saturated carbocycles. The van der Waals surface area contributed by atoms with Gasteiger partial charge in [0.25, 0.3) is 0 Å². The molecule has 0 saturated heterocycles. The quantitative estimate of drug-likeness (QED) is 0.149. The highest BCUT2D eigenvalue weighted by molar-refractivity contribution is 5.96. The summed E-state index contributed by atoms with van der Waals surface area (Å²) in [5.74, 6) is -2.97. The number of aliphatic hydroxyl groups excluding tert-OH is 1.